The van der Waals surface area contributed by atoms with Gasteiger partial charge in [0.1, 0.15) is 30.5 Å². The van der Waals surface area contributed by atoms with Crippen LogP contribution in [0.2, 0.25) is 0 Å². The molecule has 4 rings (SSSR count). The van der Waals surface area contributed by atoms with Gasteiger partial charge in [-0.25, -0.2) is 4.79 Å². The summed E-state index contributed by atoms with van der Waals surface area (Å²) in [5.74, 6) is -4.01. The fraction of sp³-hybridized carbons (Fsp3) is 0.645. The molecule has 3 aliphatic carbocycles. The molecule has 0 amide bonds. The van der Waals surface area contributed by atoms with Crippen LogP contribution in [0.1, 0.15) is 64.7 Å². The van der Waals surface area contributed by atoms with Gasteiger partial charge in [-0.1, -0.05) is 25.1 Å². The molecule has 12 nitrogen and oxygen atoms in total. The molecule has 43 heavy (non-hydrogen) atoms. The van der Waals surface area contributed by atoms with Crippen molar-refractivity contribution in [3.05, 3.63) is 47.0 Å². The fourth-order valence-corrected chi connectivity index (χ4v) is 7.89. The van der Waals surface area contributed by atoms with E-state index in [9.17, 15) is 45.0 Å². The van der Waals surface area contributed by atoms with Crippen LogP contribution in [0.25, 0.3) is 0 Å². The lowest BCUT2D eigenvalue weighted by Gasteiger charge is -2.59. The number of carbonyl (C=O) groups excluding carboxylic acids is 3. The SMILES string of the molecule is CC(=O)O[C@H]1C[C@]2(C(C)(C)O)C(=C1C)[C@@H](O)[C@H](O)[C@@]1(C)[C@H]([C@@H]2O)[C@](O)(COC(=O)c2ccccc2)[C@@H](OC(C)=O)C[C@@H]1O. The molecule has 0 spiro atoms. The van der Waals surface area contributed by atoms with Gasteiger partial charge in [0, 0.05) is 38.0 Å². The second-order valence-electron chi connectivity index (χ2n) is 12.9. The highest BCUT2D eigenvalue weighted by atomic mass is 16.6. The number of ether oxygens (including phenoxy) is 3. The van der Waals surface area contributed by atoms with E-state index in [1.807, 2.05) is 0 Å². The number of benzene rings is 1. The summed E-state index contributed by atoms with van der Waals surface area (Å²) in [7, 11) is 0. The zero-order valence-corrected chi connectivity index (χ0v) is 25.2. The molecule has 2 fully saturated rings. The second-order valence-corrected chi connectivity index (χ2v) is 12.9. The standard InChI is InChI=1S/C31H42O12/c1-15-19(42-16(2)32)13-30(28(4,5)39)22(15)23(35)25(36)29(6)20(34)12-21(43-17(3)33)31(40,24(29)26(30)37)14-41-27(38)18-10-8-7-9-11-18/h7-11,19-21,23-26,34-37,39-40H,12-14H2,1-6H3/t19-,20-,21-,23+,24-,25-,26-,29+,30-,31-/m0/s1. The van der Waals surface area contributed by atoms with Crippen LogP contribution in [0, 0.1) is 16.7 Å². The van der Waals surface area contributed by atoms with Gasteiger partial charge in [-0.05, 0) is 44.1 Å². The van der Waals surface area contributed by atoms with E-state index in [0.717, 1.165) is 6.92 Å². The number of aliphatic hydroxyl groups is 6. The molecule has 0 heterocycles. The Morgan fingerprint density at radius 2 is 1.56 bits per heavy atom. The van der Waals surface area contributed by atoms with Crippen molar-refractivity contribution in [3.8, 4) is 0 Å². The van der Waals surface area contributed by atoms with E-state index in [-0.39, 0.29) is 23.1 Å². The Morgan fingerprint density at radius 3 is 2.09 bits per heavy atom. The van der Waals surface area contributed by atoms with Gasteiger partial charge < -0.3 is 44.8 Å². The molecule has 3 aliphatic rings. The van der Waals surface area contributed by atoms with Gasteiger partial charge in [0.2, 0.25) is 0 Å². The van der Waals surface area contributed by atoms with Crippen molar-refractivity contribution in [3.63, 3.8) is 0 Å². The van der Waals surface area contributed by atoms with E-state index >= 15 is 0 Å². The van der Waals surface area contributed by atoms with Gasteiger partial charge in [0.25, 0.3) is 0 Å². The van der Waals surface area contributed by atoms with Crippen molar-refractivity contribution in [1.82, 2.24) is 0 Å². The van der Waals surface area contributed by atoms with Crippen LogP contribution >= 0.6 is 0 Å². The van der Waals surface area contributed by atoms with E-state index in [1.54, 1.807) is 25.1 Å². The number of rotatable bonds is 6. The Bertz CT molecular complexity index is 1290. The monoisotopic (exact) mass is 606 g/mol. The summed E-state index contributed by atoms with van der Waals surface area (Å²) in [6, 6.07) is 7.88. The molecular weight excluding hydrogens is 564 g/mol. The van der Waals surface area contributed by atoms with Crippen LogP contribution < -0.4 is 0 Å². The van der Waals surface area contributed by atoms with Crippen LogP contribution in [0.4, 0.5) is 0 Å². The van der Waals surface area contributed by atoms with Crippen LogP contribution in [0.5, 0.6) is 0 Å². The van der Waals surface area contributed by atoms with Gasteiger partial charge in [-0.2, -0.15) is 0 Å². The van der Waals surface area contributed by atoms with E-state index in [1.165, 1.54) is 39.8 Å². The summed E-state index contributed by atoms with van der Waals surface area (Å²) in [6.07, 6.45) is -10.3. The number of hydrogen-bond acceptors (Lipinski definition) is 12. The third kappa shape index (κ3) is 5.07. The van der Waals surface area contributed by atoms with Crippen molar-refractivity contribution in [2.75, 3.05) is 6.61 Å². The molecule has 2 saturated carbocycles. The molecule has 0 aromatic heterocycles. The highest BCUT2D eigenvalue weighted by molar-refractivity contribution is 5.89. The third-order valence-electron chi connectivity index (χ3n) is 10.0. The number of carbonyl (C=O) groups is 3. The van der Waals surface area contributed by atoms with E-state index < -0.39 is 95.5 Å². The summed E-state index contributed by atoms with van der Waals surface area (Å²) in [5.41, 5.74) is -7.67. The normalized spacial score (nSPS) is 39.3. The Labute approximate surface area is 249 Å². The number of esters is 3. The highest BCUT2D eigenvalue weighted by Crippen LogP contribution is 2.65. The molecule has 1 aromatic carbocycles. The number of aliphatic hydroxyl groups excluding tert-OH is 4. The first-order valence-corrected chi connectivity index (χ1v) is 14.3. The Balaban J connectivity index is 1.95. The summed E-state index contributed by atoms with van der Waals surface area (Å²) in [6.45, 7) is 7.08. The lowest BCUT2D eigenvalue weighted by Crippen LogP contribution is -2.73. The predicted molar refractivity (Wildman–Crippen MR) is 149 cm³/mol. The summed E-state index contributed by atoms with van der Waals surface area (Å²) in [4.78, 5) is 37.2. The zero-order chi connectivity index (χ0) is 32.3. The minimum absolute atomic E-state index is 0.00161. The largest absolute Gasteiger partial charge is 0.459 e. The lowest BCUT2D eigenvalue weighted by atomic mass is 9.51. The van der Waals surface area contributed by atoms with Crippen molar-refractivity contribution in [2.45, 2.75) is 102 Å². The quantitative estimate of drug-likeness (QED) is 0.148. The van der Waals surface area contributed by atoms with E-state index in [4.69, 9.17) is 14.2 Å². The predicted octanol–water partition coefficient (Wildman–Crippen LogP) is 0.399. The molecule has 6 N–H and O–H groups in total. The highest BCUT2D eigenvalue weighted by Gasteiger charge is 2.75. The van der Waals surface area contributed by atoms with Gasteiger partial charge in [0.15, 0.2) is 0 Å². The van der Waals surface area contributed by atoms with E-state index in [2.05, 4.69) is 0 Å². The molecule has 0 unspecified atom stereocenters. The molecule has 0 radical (unpaired) electrons. The second kappa shape index (κ2) is 11.2. The van der Waals surface area contributed by atoms with Crippen molar-refractivity contribution in [2.24, 2.45) is 16.7 Å². The molecule has 0 saturated heterocycles. The minimum Gasteiger partial charge on any atom is -0.459 e. The maximum Gasteiger partial charge on any atom is 0.338 e. The maximum atomic E-state index is 13.0. The molecule has 12 heteroatoms. The molecule has 0 aliphatic heterocycles. The Hall–Kier alpha value is -2.87. The smallest absolute Gasteiger partial charge is 0.338 e. The maximum absolute atomic E-state index is 13.0. The summed E-state index contributed by atoms with van der Waals surface area (Å²) >= 11 is 0. The van der Waals surface area contributed by atoms with Gasteiger partial charge >= 0.3 is 17.9 Å². The van der Waals surface area contributed by atoms with Crippen LogP contribution in [-0.2, 0) is 23.8 Å². The first kappa shape index (κ1) is 33.0. The molecule has 10 atom stereocenters. The topological polar surface area (TPSA) is 200 Å². The molecule has 238 valence electrons. The van der Waals surface area contributed by atoms with E-state index in [0.29, 0.717) is 0 Å². The third-order valence-corrected chi connectivity index (χ3v) is 10.0. The number of hydrogen-bond donors (Lipinski definition) is 6. The zero-order valence-electron chi connectivity index (χ0n) is 25.2. The molecule has 1 aromatic rings. The Morgan fingerprint density at radius 1 is 0.977 bits per heavy atom. The van der Waals surface area contributed by atoms with Crippen molar-refractivity contribution >= 4 is 17.9 Å². The average Bonchev–Trinajstić information content (AvgIpc) is 3.19. The first-order valence-electron chi connectivity index (χ1n) is 14.3. The minimum atomic E-state index is -2.45. The van der Waals surface area contributed by atoms with Gasteiger partial charge in [-0.15, -0.1) is 0 Å². The van der Waals surface area contributed by atoms with Crippen LogP contribution in [-0.4, -0.2) is 103 Å². The summed E-state index contributed by atoms with van der Waals surface area (Å²) in [5, 5.41) is 71.8. The van der Waals surface area contributed by atoms with Crippen molar-refractivity contribution in [1.29, 1.82) is 0 Å². The lowest BCUT2D eigenvalue weighted by molar-refractivity contribution is -0.288. The average molecular weight is 607 g/mol. The fourth-order valence-electron chi connectivity index (χ4n) is 7.89. The summed E-state index contributed by atoms with van der Waals surface area (Å²) < 4.78 is 16.5. The van der Waals surface area contributed by atoms with Crippen molar-refractivity contribution < 1.29 is 59.2 Å². The Kier molecular flexibility index (Phi) is 8.64. The first-order chi connectivity index (χ1) is 19.8. The van der Waals surface area contributed by atoms with Gasteiger partial charge in [-0.3, -0.25) is 9.59 Å². The molecule has 0 bridgehead atoms. The number of fused-ring (bicyclic) bond motifs is 2. The van der Waals surface area contributed by atoms with Crippen LogP contribution in [0.15, 0.2) is 41.5 Å². The van der Waals surface area contributed by atoms with Crippen LogP contribution in [0.3, 0.4) is 0 Å². The molecular formula is C31H42O12. The van der Waals surface area contributed by atoms with Gasteiger partial charge in [0.05, 0.1) is 34.9 Å².